The van der Waals surface area contributed by atoms with E-state index in [0.29, 0.717) is 17.7 Å². The summed E-state index contributed by atoms with van der Waals surface area (Å²) in [7, 11) is 0. The first-order valence-electron chi connectivity index (χ1n) is 7.30. The van der Waals surface area contributed by atoms with Crippen molar-refractivity contribution in [2.45, 2.75) is 31.9 Å². The molecular weight excluding hydrogens is 313 g/mol. The molecule has 0 amide bonds. The third-order valence-electron chi connectivity index (χ3n) is 3.21. The van der Waals surface area contributed by atoms with Gasteiger partial charge in [0, 0.05) is 12.0 Å². The van der Waals surface area contributed by atoms with Crippen LogP contribution in [0.3, 0.4) is 0 Å². The predicted molar refractivity (Wildman–Crippen MR) is 92.6 cm³/mol. The van der Waals surface area contributed by atoms with E-state index in [1.54, 1.807) is 0 Å². The fourth-order valence-corrected chi connectivity index (χ4v) is 2.55. The minimum Gasteiger partial charge on any atom is -0.591 e. The summed E-state index contributed by atoms with van der Waals surface area (Å²) in [4.78, 5) is 0. The lowest BCUT2D eigenvalue weighted by atomic mass is 10.0. The molecule has 2 aromatic rings. The molecule has 0 aliphatic heterocycles. The van der Waals surface area contributed by atoms with Crippen molar-refractivity contribution in [1.29, 1.82) is 0 Å². The van der Waals surface area contributed by atoms with Crippen LogP contribution in [0.4, 0.5) is 4.39 Å². The number of nitrogens with zero attached hydrogens (tertiary/aromatic N) is 1. The van der Waals surface area contributed by atoms with Crippen molar-refractivity contribution in [3.05, 3.63) is 65.5 Å². The van der Waals surface area contributed by atoms with Crippen LogP contribution in [0.1, 0.15) is 31.9 Å². The third kappa shape index (κ3) is 4.81. The van der Waals surface area contributed by atoms with Gasteiger partial charge in [-0.1, -0.05) is 34.7 Å². The highest BCUT2D eigenvalue weighted by atomic mass is 32.2. The molecule has 0 aliphatic rings. The first-order valence-corrected chi connectivity index (χ1v) is 8.40. The van der Waals surface area contributed by atoms with E-state index in [-0.39, 0.29) is 0 Å². The summed E-state index contributed by atoms with van der Waals surface area (Å²) in [5.41, 5.74) is 2.12. The second kappa shape index (κ2) is 7.15. The fraction of sp³-hybridized carbons (Fsp3) is 0.278. The smallest absolute Gasteiger partial charge is 0.164 e. The van der Waals surface area contributed by atoms with Gasteiger partial charge in [0.15, 0.2) is 11.6 Å². The van der Waals surface area contributed by atoms with Crippen molar-refractivity contribution >= 4 is 17.1 Å². The summed E-state index contributed by atoms with van der Waals surface area (Å²) in [6.07, 6.45) is 0.452. The molecule has 2 rings (SSSR count). The minimum absolute atomic E-state index is 0.440. The summed E-state index contributed by atoms with van der Waals surface area (Å²) in [5, 5.41) is 9.60. The zero-order valence-corrected chi connectivity index (χ0v) is 14.2. The molecule has 0 saturated heterocycles. The van der Waals surface area contributed by atoms with Crippen LogP contribution in [0.2, 0.25) is 0 Å². The van der Waals surface area contributed by atoms with Crippen LogP contribution in [0.25, 0.3) is 0 Å². The number of phenolic OH excluding ortho intramolecular Hbond substituents is 1. The van der Waals surface area contributed by atoms with E-state index in [9.17, 15) is 14.0 Å². The Labute approximate surface area is 139 Å². The molecule has 23 heavy (non-hydrogen) atoms. The van der Waals surface area contributed by atoms with Gasteiger partial charge in [0.2, 0.25) is 0 Å². The van der Waals surface area contributed by atoms with Crippen molar-refractivity contribution in [2.75, 3.05) is 0 Å². The monoisotopic (exact) mass is 333 g/mol. The highest BCUT2D eigenvalue weighted by molar-refractivity contribution is 7.91. The van der Waals surface area contributed by atoms with Crippen LogP contribution in [0.5, 0.6) is 5.75 Å². The second-order valence-electron chi connectivity index (χ2n) is 6.23. The molecule has 1 atom stereocenters. The van der Waals surface area contributed by atoms with E-state index < -0.39 is 27.7 Å². The lowest BCUT2D eigenvalue weighted by Gasteiger charge is -2.19. The fourth-order valence-electron chi connectivity index (χ4n) is 1.91. The topological polar surface area (TPSA) is 55.7 Å². The molecule has 0 bridgehead atoms. The van der Waals surface area contributed by atoms with Crippen molar-refractivity contribution < 1.29 is 14.0 Å². The minimum atomic E-state index is -1.44. The molecule has 0 heterocycles. The average Bonchev–Trinajstić information content (AvgIpc) is 2.49. The largest absolute Gasteiger partial charge is 0.591 e. The Balaban J connectivity index is 2.42. The molecule has 122 valence electrons. The van der Waals surface area contributed by atoms with Crippen LogP contribution >= 0.6 is 0 Å². The van der Waals surface area contributed by atoms with E-state index in [4.69, 9.17) is 0 Å². The molecule has 3 nitrogen and oxygen atoms in total. The summed E-state index contributed by atoms with van der Waals surface area (Å²) < 4.78 is 29.5. The Bertz CT molecular complexity index is 696. The predicted octanol–water partition coefficient (Wildman–Crippen LogP) is 4.03. The number of aromatic hydroxyl groups is 1. The van der Waals surface area contributed by atoms with Gasteiger partial charge in [0.05, 0.1) is 0 Å². The molecule has 5 heteroatoms. The number of hydrogen-bond donors (Lipinski definition) is 1. The van der Waals surface area contributed by atoms with Gasteiger partial charge >= 0.3 is 0 Å². The second-order valence-corrected chi connectivity index (χ2v) is 8.13. The average molecular weight is 333 g/mol. The van der Waals surface area contributed by atoms with E-state index in [0.717, 1.165) is 5.56 Å². The maximum atomic E-state index is 13.3. The maximum Gasteiger partial charge on any atom is 0.164 e. The summed E-state index contributed by atoms with van der Waals surface area (Å²) in [6, 6.07) is 13.7. The van der Waals surface area contributed by atoms with Crippen LogP contribution in [-0.4, -0.2) is 20.1 Å². The molecule has 1 N–H and O–H groups in total. The first-order chi connectivity index (χ1) is 10.8. The van der Waals surface area contributed by atoms with Crippen molar-refractivity contribution in [3.8, 4) is 5.75 Å². The van der Waals surface area contributed by atoms with Gasteiger partial charge in [-0.3, -0.25) is 0 Å². The van der Waals surface area contributed by atoms with Gasteiger partial charge < -0.3 is 9.66 Å². The third-order valence-corrected chi connectivity index (χ3v) is 4.64. The Hall–Kier alpha value is -1.85. The lowest BCUT2D eigenvalue weighted by molar-refractivity contribution is 0.432. The molecular formula is C18H20FNO2S. The molecule has 0 aliphatic carbocycles. The van der Waals surface area contributed by atoms with E-state index >= 15 is 0 Å². The summed E-state index contributed by atoms with van der Waals surface area (Å²) in [6.45, 7) is 5.53. The maximum absolute atomic E-state index is 13.3. The zero-order chi connectivity index (χ0) is 17.0. The van der Waals surface area contributed by atoms with Gasteiger partial charge in [-0.2, -0.15) is 0 Å². The SMILES string of the molecule is CC(C)(C)[S@@+]([O-])/N=C(\Cc1ccccc1)c1ccc(F)c(O)c1. The molecule has 0 spiro atoms. The van der Waals surface area contributed by atoms with Crippen LogP contribution in [-0.2, 0) is 17.8 Å². The molecule has 0 saturated carbocycles. The summed E-state index contributed by atoms with van der Waals surface area (Å²) >= 11 is -1.44. The van der Waals surface area contributed by atoms with Crippen LogP contribution in [0, 0.1) is 5.82 Å². The van der Waals surface area contributed by atoms with Gasteiger partial charge in [-0.15, -0.1) is 0 Å². The zero-order valence-electron chi connectivity index (χ0n) is 13.4. The molecule has 0 aromatic heterocycles. The molecule has 2 aromatic carbocycles. The Morgan fingerprint density at radius 2 is 1.83 bits per heavy atom. The van der Waals surface area contributed by atoms with E-state index in [1.165, 1.54) is 18.2 Å². The van der Waals surface area contributed by atoms with Gasteiger partial charge in [-0.25, -0.2) is 4.39 Å². The Morgan fingerprint density at radius 3 is 2.39 bits per heavy atom. The quantitative estimate of drug-likeness (QED) is 0.678. The van der Waals surface area contributed by atoms with Crippen molar-refractivity contribution in [2.24, 2.45) is 4.40 Å². The van der Waals surface area contributed by atoms with E-state index in [1.807, 2.05) is 51.1 Å². The first kappa shape index (κ1) is 17.5. The summed E-state index contributed by atoms with van der Waals surface area (Å²) in [5.74, 6) is -1.13. The molecule has 0 radical (unpaired) electrons. The molecule has 0 fully saturated rings. The highest BCUT2D eigenvalue weighted by Crippen LogP contribution is 2.22. The van der Waals surface area contributed by atoms with Crippen molar-refractivity contribution in [3.63, 3.8) is 0 Å². The molecule has 0 unspecified atom stereocenters. The number of benzene rings is 2. The number of halogens is 1. The number of rotatable bonds is 4. The van der Waals surface area contributed by atoms with Crippen LogP contribution in [0.15, 0.2) is 52.9 Å². The number of hydrogen-bond acceptors (Lipinski definition) is 3. The van der Waals surface area contributed by atoms with Gasteiger partial charge in [0.25, 0.3) is 0 Å². The van der Waals surface area contributed by atoms with Gasteiger partial charge in [-0.05, 0) is 44.5 Å². The van der Waals surface area contributed by atoms with Crippen LogP contribution < -0.4 is 0 Å². The lowest BCUT2D eigenvalue weighted by Crippen LogP contribution is -2.27. The standard InChI is InChI=1S/C18H20FNO2S/c1-18(2,3)23(22)20-16(11-13-7-5-4-6-8-13)14-9-10-15(19)17(21)12-14/h4-10,12,21H,11H2,1-3H3/b20-16+/t23-/m1/s1. The Morgan fingerprint density at radius 1 is 1.17 bits per heavy atom. The van der Waals surface area contributed by atoms with E-state index in [2.05, 4.69) is 4.40 Å². The van der Waals surface area contributed by atoms with Crippen molar-refractivity contribution in [1.82, 2.24) is 0 Å². The normalized spacial score (nSPS) is 13.9. The Kier molecular flexibility index (Phi) is 5.44. The van der Waals surface area contributed by atoms with Gasteiger partial charge in [0.1, 0.15) is 21.8 Å². The highest BCUT2D eigenvalue weighted by Gasteiger charge is 2.27. The number of phenols is 1.